The van der Waals surface area contributed by atoms with Gasteiger partial charge in [-0.25, -0.2) is 0 Å². The molecular weight excluding hydrogens is 635 g/mol. The maximum Gasteiger partial charge on any atom is 0.132 e. The van der Waals surface area contributed by atoms with E-state index in [0.717, 1.165) is 67.6 Å². The van der Waals surface area contributed by atoms with Gasteiger partial charge in [-0.3, -0.25) is 0 Å². The number of hydrogen-bond acceptors (Lipinski definition) is 3. The molecule has 0 saturated heterocycles. The standard InChI is InChI=1S/C49H35NO2/c1-3-15-33(16-4-1)34-27-29-42-48(32-34)52-47-30-28-35(31-43(47)49(42)40-22-10-13-25-45(40)51-46-26-14-11-23-41(46)49)37-19-7-8-20-38(37)39-21-9-12-24-44(39)50-36-17-5-2-6-18-36/h1-32,39,44,50H. The summed E-state index contributed by atoms with van der Waals surface area (Å²) in [7, 11) is 0. The first-order chi connectivity index (χ1) is 25.8. The summed E-state index contributed by atoms with van der Waals surface area (Å²) in [6.45, 7) is 0. The molecule has 7 aromatic rings. The summed E-state index contributed by atoms with van der Waals surface area (Å²) in [5, 5.41) is 3.78. The zero-order chi connectivity index (χ0) is 34.5. The van der Waals surface area contributed by atoms with Gasteiger partial charge in [0.15, 0.2) is 0 Å². The largest absolute Gasteiger partial charge is 0.457 e. The summed E-state index contributed by atoms with van der Waals surface area (Å²) in [6, 6.07) is 60.3. The van der Waals surface area contributed by atoms with Crippen LogP contribution < -0.4 is 14.8 Å². The van der Waals surface area contributed by atoms with Crippen LogP contribution in [0.5, 0.6) is 23.0 Å². The zero-order valence-corrected chi connectivity index (χ0v) is 28.4. The van der Waals surface area contributed by atoms with Crippen molar-refractivity contribution < 1.29 is 9.47 Å². The Balaban J connectivity index is 1.18. The third-order valence-electron chi connectivity index (χ3n) is 10.8. The lowest BCUT2D eigenvalue weighted by atomic mass is 9.62. The van der Waals surface area contributed by atoms with E-state index in [4.69, 9.17) is 9.47 Å². The van der Waals surface area contributed by atoms with Crippen molar-refractivity contribution in [2.45, 2.75) is 17.4 Å². The van der Waals surface area contributed by atoms with E-state index in [-0.39, 0.29) is 12.0 Å². The lowest BCUT2D eigenvalue weighted by Gasteiger charge is -2.45. The molecule has 3 heteroatoms. The molecule has 2 aliphatic heterocycles. The number of benzene rings is 7. The molecule has 10 rings (SSSR count). The number of nitrogens with one attached hydrogen (secondary N) is 1. The predicted molar refractivity (Wildman–Crippen MR) is 211 cm³/mol. The van der Waals surface area contributed by atoms with E-state index in [1.54, 1.807) is 0 Å². The van der Waals surface area contributed by atoms with E-state index in [9.17, 15) is 0 Å². The molecule has 7 aromatic carbocycles. The molecule has 0 aromatic heterocycles. The summed E-state index contributed by atoms with van der Waals surface area (Å²) < 4.78 is 13.6. The number of para-hydroxylation sites is 3. The van der Waals surface area contributed by atoms with E-state index < -0.39 is 5.41 Å². The maximum atomic E-state index is 6.95. The summed E-state index contributed by atoms with van der Waals surface area (Å²) >= 11 is 0. The van der Waals surface area contributed by atoms with E-state index in [0.29, 0.717) is 0 Å². The Morgan fingerprint density at radius 1 is 0.423 bits per heavy atom. The molecular formula is C49H35NO2. The lowest BCUT2D eigenvalue weighted by molar-refractivity contribution is 0.399. The van der Waals surface area contributed by atoms with Crippen molar-refractivity contribution in [3.05, 3.63) is 222 Å². The average molecular weight is 670 g/mol. The fraction of sp³-hybridized carbons (Fsp3) is 0.0612. The molecule has 1 N–H and O–H groups in total. The third kappa shape index (κ3) is 4.81. The summed E-state index contributed by atoms with van der Waals surface area (Å²) in [6.07, 6.45) is 8.88. The molecule has 1 spiro atoms. The van der Waals surface area contributed by atoms with Crippen LogP contribution in [0.4, 0.5) is 5.69 Å². The molecule has 2 atom stereocenters. The van der Waals surface area contributed by atoms with Gasteiger partial charge in [-0.05, 0) is 70.3 Å². The maximum absolute atomic E-state index is 6.95. The van der Waals surface area contributed by atoms with Crippen LogP contribution >= 0.6 is 0 Å². The molecule has 0 radical (unpaired) electrons. The van der Waals surface area contributed by atoms with E-state index >= 15 is 0 Å². The summed E-state index contributed by atoms with van der Waals surface area (Å²) in [5.41, 5.74) is 10.7. The Morgan fingerprint density at radius 2 is 1.02 bits per heavy atom. The van der Waals surface area contributed by atoms with E-state index in [1.807, 2.05) is 0 Å². The quantitative estimate of drug-likeness (QED) is 0.198. The number of rotatable bonds is 5. The molecule has 0 amide bonds. The van der Waals surface area contributed by atoms with Crippen molar-refractivity contribution in [2.75, 3.05) is 5.32 Å². The number of anilines is 1. The number of fused-ring (bicyclic) bond motifs is 8. The van der Waals surface area contributed by atoms with Gasteiger partial charge >= 0.3 is 0 Å². The van der Waals surface area contributed by atoms with Crippen LogP contribution in [0.25, 0.3) is 22.3 Å². The zero-order valence-electron chi connectivity index (χ0n) is 28.4. The molecule has 2 heterocycles. The SMILES string of the molecule is C1=CC(Nc2ccccc2)C(c2ccccc2-c2ccc3c(c2)C2(c4ccccc4Oc4ccccc42)c2ccc(-c4ccccc4)cc2O3)C=C1. The van der Waals surface area contributed by atoms with Crippen molar-refractivity contribution in [1.29, 1.82) is 0 Å². The average Bonchev–Trinajstić information content (AvgIpc) is 3.21. The second kappa shape index (κ2) is 12.3. The molecule has 1 aliphatic carbocycles. The number of hydrogen-bond donors (Lipinski definition) is 1. The van der Waals surface area contributed by atoms with Crippen molar-refractivity contribution in [1.82, 2.24) is 0 Å². The first-order valence-corrected chi connectivity index (χ1v) is 17.9. The van der Waals surface area contributed by atoms with Gasteiger partial charge in [0.25, 0.3) is 0 Å². The van der Waals surface area contributed by atoms with Crippen LogP contribution in [0.15, 0.2) is 194 Å². The molecule has 0 bridgehead atoms. The predicted octanol–water partition coefficient (Wildman–Crippen LogP) is 12.3. The molecule has 3 aliphatic rings. The fourth-order valence-electron chi connectivity index (χ4n) is 8.46. The van der Waals surface area contributed by atoms with Gasteiger partial charge < -0.3 is 14.8 Å². The minimum atomic E-state index is -0.681. The van der Waals surface area contributed by atoms with Crippen LogP contribution in [-0.4, -0.2) is 6.04 Å². The minimum Gasteiger partial charge on any atom is -0.457 e. The Morgan fingerprint density at radius 3 is 1.81 bits per heavy atom. The van der Waals surface area contributed by atoms with Gasteiger partial charge in [0, 0.05) is 33.9 Å². The molecule has 248 valence electrons. The van der Waals surface area contributed by atoms with Gasteiger partial charge in [0.1, 0.15) is 23.0 Å². The second-order valence-electron chi connectivity index (χ2n) is 13.7. The first kappa shape index (κ1) is 30.3. The highest BCUT2D eigenvalue weighted by Crippen LogP contribution is 2.62. The Labute approximate surface area is 304 Å². The number of ether oxygens (including phenoxy) is 2. The second-order valence-corrected chi connectivity index (χ2v) is 13.7. The number of allylic oxidation sites excluding steroid dienone is 2. The van der Waals surface area contributed by atoms with E-state index in [1.165, 1.54) is 11.1 Å². The highest BCUT2D eigenvalue weighted by atomic mass is 16.5. The minimum absolute atomic E-state index is 0.0980. The van der Waals surface area contributed by atoms with Gasteiger partial charge in [0.05, 0.1) is 11.5 Å². The van der Waals surface area contributed by atoms with E-state index in [2.05, 4.69) is 199 Å². The highest BCUT2D eigenvalue weighted by Gasteiger charge is 2.50. The molecule has 52 heavy (non-hydrogen) atoms. The first-order valence-electron chi connectivity index (χ1n) is 17.9. The Hall–Kier alpha value is -6.58. The van der Waals surface area contributed by atoms with Gasteiger partial charge in [-0.2, -0.15) is 0 Å². The Bertz CT molecular complexity index is 2470. The smallest absolute Gasteiger partial charge is 0.132 e. The fourth-order valence-corrected chi connectivity index (χ4v) is 8.46. The van der Waals surface area contributed by atoms with Crippen LogP contribution in [0, 0.1) is 0 Å². The van der Waals surface area contributed by atoms with Gasteiger partial charge in [-0.15, -0.1) is 0 Å². The molecule has 0 saturated carbocycles. The summed E-state index contributed by atoms with van der Waals surface area (Å²) in [5.74, 6) is 3.53. The van der Waals surface area contributed by atoms with Crippen LogP contribution in [0.2, 0.25) is 0 Å². The van der Waals surface area contributed by atoms with Crippen molar-refractivity contribution in [3.63, 3.8) is 0 Å². The van der Waals surface area contributed by atoms with Crippen molar-refractivity contribution in [2.24, 2.45) is 0 Å². The summed E-state index contributed by atoms with van der Waals surface area (Å²) in [4.78, 5) is 0. The topological polar surface area (TPSA) is 30.5 Å². The van der Waals surface area contributed by atoms with Gasteiger partial charge in [-0.1, -0.05) is 152 Å². The highest BCUT2D eigenvalue weighted by molar-refractivity contribution is 5.81. The molecule has 0 fully saturated rings. The monoisotopic (exact) mass is 669 g/mol. The van der Waals surface area contributed by atoms with Crippen LogP contribution in [0.3, 0.4) is 0 Å². The van der Waals surface area contributed by atoms with Crippen LogP contribution in [-0.2, 0) is 5.41 Å². The van der Waals surface area contributed by atoms with Gasteiger partial charge in [0.2, 0.25) is 0 Å². The third-order valence-corrected chi connectivity index (χ3v) is 10.8. The Kier molecular flexibility index (Phi) is 7.17. The van der Waals surface area contributed by atoms with Crippen molar-refractivity contribution in [3.8, 4) is 45.3 Å². The molecule has 3 nitrogen and oxygen atoms in total. The van der Waals surface area contributed by atoms with Crippen molar-refractivity contribution >= 4 is 5.69 Å². The lowest BCUT2D eigenvalue weighted by Crippen LogP contribution is -2.36. The van der Waals surface area contributed by atoms with Crippen LogP contribution in [0.1, 0.15) is 33.7 Å². The molecule has 2 unspecified atom stereocenters. The normalized spacial score (nSPS) is 17.2.